The Hall–Kier alpha value is -1.03. The molecule has 2 aromatic rings. The van der Waals surface area contributed by atoms with Crippen molar-refractivity contribution in [3.8, 4) is 0 Å². The van der Waals surface area contributed by atoms with E-state index in [0.717, 1.165) is 11.3 Å². The number of hydrogen-bond donors (Lipinski definition) is 2. The number of rotatable bonds is 4. The molecule has 0 unspecified atom stereocenters. The molecule has 16 heavy (non-hydrogen) atoms. The lowest BCUT2D eigenvalue weighted by Gasteiger charge is -2.07. The molecule has 0 saturated carbocycles. The molecular weight excluding hydrogens is 245 g/mol. The molecule has 1 aromatic carbocycles. The smallest absolute Gasteiger partial charge is 0.0922 e. The van der Waals surface area contributed by atoms with Crippen LogP contribution < -0.4 is 5.32 Å². The molecule has 84 valence electrons. The van der Waals surface area contributed by atoms with E-state index in [2.05, 4.69) is 15.3 Å². The van der Waals surface area contributed by atoms with Gasteiger partial charge in [-0.05, 0) is 12.1 Å². The molecule has 0 saturated heterocycles. The molecule has 0 amide bonds. The second-order valence-corrected chi connectivity index (χ2v) is 4.20. The molecule has 0 spiro atoms. The highest BCUT2D eigenvalue weighted by molar-refractivity contribution is 6.35. The van der Waals surface area contributed by atoms with Crippen molar-refractivity contribution in [1.29, 1.82) is 0 Å². The van der Waals surface area contributed by atoms with Crippen molar-refractivity contribution in [2.24, 2.45) is 0 Å². The fourth-order valence-corrected chi connectivity index (χ4v) is 1.94. The SMILES string of the molecule is Clc1cccc(Cl)c1CNCc1cnc[nH]1. The lowest BCUT2D eigenvalue weighted by molar-refractivity contribution is 0.682. The lowest BCUT2D eigenvalue weighted by atomic mass is 10.2. The Balaban J connectivity index is 1.95. The summed E-state index contributed by atoms with van der Waals surface area (Å²) in [6.45, 7) is 1.35. The molecule has 0 radical (unpaired) electrons. The molecule has 0 bridgehead atoms. The average molecular weight is 256 g/mol. The maximum absolute atomic E-state index is 6.05. The van der Waals surface area contributed by atoms with E-state index in [4.69, 9.17) is 23.2 Å². The molecule has 1 aromatic heterocycles. The molecule has 1 heterocycles. The van der Waals surface area contributed by atoms with E-state index in [-0.39, 0.29) is 0 Å². The van der Waals surface area contributed by atoms with Crippen LogP contribution in [0.15, 0.2) is 30.7 Å². The largest absolute Gasteiger partial charge is 0.347 e. The van der Waals surface area contributed by atoms with E-state index in [1.165, 1.54) is 0 Å². The normalized spacial score (nSPS) is 10.6. The third-order valence-corrected chi connectivity index (χ3v) is 2.94. The zero-order chi connectivity index (χ0) is 11.4. The molecule has 3 nitrogen and oxygen atoms in total. The summed E-state index contributed by atoms with van der Waals surface area (Å²) in [5.41, 5.74) is 1.95. The highest BCUT2D eigenvalue weighted by Gasteiger charge is 2.04. The average Bonchev–Trinajstić information content (AvgIpc) is 2.75. The van der Waals surface area contributed by atoms with Crippen LogP contribution in [-0.4, -0.2) is 9.97 Å². The Morgan fingerprint density at radius 1 is 1.19 bits per heavy atom. The minimum atomic E-state index is 0.636. The van der Waals surface area contributed by atoms with Gasteiger partial charge in [0.25, 0.3) is 0 Å². The Bertz CT molecular complexity index is 434. The quantitative estimate of drug-likeness (QED) is 0.882. The number of benzene rings is 1. The van der Waals surface area contributed by atoms with Crippen LogP contribution in [0, 0.1) is 0 Å². The summed E-state index contributed by atoms with van der Waals surface area (Å²) in [6.07, 6.45) is 3.43. The van der Waals surface area contributed by atoms with Crippen LogP contribution in [0.2, 0.25) is 10.0 Å². The monoisotopic (exact) mass is 255 g/mol. The highest BCUT2D eigenvalue weighted by Crippen LogP contribution is 2.23. The first-order chi connectivity index (χ1) is 7.77. The van der Waals surface area contributed by atoms with Gasteiger partial charge in [0.1, 0.15) is 0 Å². The fourth-order valence-electron chi connectivity index (χ4n) is 1.40. The van der Waals surface area contributed by atoms with Crippen LogP contribution in [0.5, 0.6) is 0 Å². The number of H-pyrrole nitrogens is 1. The summed E-state index contributed by atoms with van der Waals surface area (Å²) >= 11 is 12.1. The third-order valence-electron chi connectivity index (χ3n) is 2.23. The van der Waals surface area contributed by atoms with Crippen molar-refractivity contribution in [3.05, 3.63) is 52.0 Å². The van der Waals surface area contributed by atoms with Gasteiger partial charge in [0, 0.05) is 40.6 Å². The molecule has 2 rings (SSSR count). The number of aromatic nitrogens is 2. The molecule has 0 atom stereocenters. The number of nitrogens with one attached hydrogen (secondary N) is 2. The van der Waals surface area contributed by atoms with Gasteiger partial charge < -0.3 is 10.3 Å². The number of imidazole rings is 1. The van der Waals surface area contributed by atoms with Crippen LogP contribution in [0.1, 0.15) is 11.3 Å². The summed E-state index contributed by atoms with van der Waals surface area (Å²) in [4.78, 5) is 6.95. The molecular formula is C11H11Cl2N3. The van der Waals surface area contributed by atoms with Gasteiger partial charge in [-0.25, -0.2) is 4.98 Å². The molecule has 0 fully saturated rings. The fraction of sp³-hybridized carbons (Fsp3) is 0.182. The zero-order valence-electron chi connectivity index (χ0n) is 8.50. The van der Waals surface area contributed by atoms with E-state index >= 15 is 0 Å². The Morgan fingerprint density at radius 3 is 2.56 bits per heavy atom. The second kappa shape index (κ2) is 5.34. The maximum atomic E-state index is 6.05. The number of aromatic amines is 1. The first kappa shape index (κ1) is 11.5. The van der Waals surface area contributed by atoms with Gasteiger partial charge in [0.15, 0.2) is 0 Å². The van der Waals surface area contributed by atoms with Gasteiger partial charge in [-0.15, -0.1) is 0 Å². The molecule has 0 aliphatic heterocycles. The Kier molecular flexibility index (Phi) is 3.83. The predicted molar refractivity (Wildman–Crippen MR) is 65.6 cm³/mol. The van der Waals surface area contributed by atoms with Crippen molar-refractivity contribution in [3.63, 3.8) is 0 Å². The van der Waals surface area contributed by atoms with Crippen molar-refractivity contribution in [2.75, 3.05) is 0 Å². The van der Waals surface area contributed by atoms with Crippen molar-refractivity contribution in [2.45, 2.75) is 13.1 Å². The zero-order valence-corrected chi connectivity index (χ0v) is 10.0. The summed E-state index contributed by atoms with van der Waals surface area (Å²) < 4.78 is 0. The van der Waals surface area contributed by atoms with Gasteiger partial charge in [0.2, 0.25) is 0 Å². The number of halogens is 2. The third kappa shape index (κ3) is 2.76. The van der Waals surface area contributed by atoms with Gasteiger partial charge >= 0.3 is 0 Å². The summed E-state index contributed by atoms with van der Waals surface area (Å²) in [5.74, 6) is 0. The maximum Gasteiger partial charge on any atom is 0.0922 e. The second-order valence-electron chi connectivity index (χ2n) is 3.38. The lowest BCUT2D eigenvalue weighted by Crippen LogP contribution is -2.13. The molecule has 0 aliphatic rings. The van der Waals surface area contributed by atoms with Gasteiger partial charge in [0.05, 0.1) is 6.33 Å². The van der Waals surface area contributed by atoms with E-state index in [1.54, 1.807) is 12.5 Å². The highest BCUT2D eigenvalue weighted by atomic mass is 35.5. The van der Waals surface area contributed by atoms with Crippen molar-refractivity contribution < 1.29 is 0 Å². The van der Waals surface area contributed by atoms with Gasteiger partial charge in [-0.2, -0.15) is 0 Å². The van der Waals surface area contributed by atoms with Crippen LogP contribution in [0.25, 0.3) is 0 Å². The molecule has 5 heteroatoms. The van der Waals surface area contributed by atoms with Gasteiger partial charge in [-0.1, -0.05) is 29.3 Å². The minimum absolute atomic E-state index is 0.636. The summed E-state index contributed by atoms with van der Waals surface area (Å²) in [6, 6.07) is 5.50. The summed E-state index contributed by atoms with van der Waals surface area (Å²) in [5, 5.41) is 4.62. The van der Waals surface area contributed by atoms with Crippen molar-refractivity contribution >= 4 is 23.2 Å². The summed E-state index contributed by atoms with van der Waals surface area (Å²) in [7, 11) is 0. The van der Waals surface area contributed by atoms with Crippen LogP contribution in [-0.2, 0) is 13.1 Å². The first-order valence-corrected chi connectivity index (χ1v) is 5.64. The van der Waals surface area contributed by atoms with Crippen LogP contribution in [0.4, 0.5) is 0 Å². The number of nitrogens with zero attached hydrogens (tertiary/aromatic N) is 1. The van der Waals surface area contributed by atoms with E-state index in [1.807, 2.05) is 18.2 Å². The standard InChI is InChI=1S/C11H11Cl2N3/c12-10-2-1-3-11(13)9(10)6-14-4-8-5-15-7-16-8/h1-3,5,7,14H,4,6H2,(H,15,16). The minimum Gasteiger partial charge on any atom is -0.347 e. The van der Waals surface area contributed by atoms with E-state index in [9.17, 15) is 0 Å². The Morgan fingerprint density at radius 2 is 1.94 bits per heavy atom. The first-order valence-electron chi connectivity index (χ1n) is 4.88. The van der Waals surface area contributed by atoms with Crippen LogP contribution >= 0.6 is 23.2 Å². The topological polar surface area (TPSA) is 40.7 Å². The van der Waals surface area contributed by atoms with E-state index < -0.39 is 0 Å². The van der Waals surface area contributed by atoms with Crippen molar-refractivity contribution in [1.82, 2.24) is 15.3 Å². The Labute approximate surface area is 104 Å². The predicted octanol–water partition coefficient (Wildman–Crippen LogP) is 3.01. The molecule has 2 N–H and O–H groups in total. The van der Waals surface area contributed by atoms with Crippen LogP contribution in [0.3, 0.4) is 0 Å². The molecule has 0 aliphatic carbocycles. The van der Waals surface area contributed by atoms with Gasteiger partial charge in [-0.3, -0.25) is 0 Å². The number of hydrogen-bond acceptors (Lipinski definition) is 2. The van der Waals surface area contributed by atoms with E-state index in [0.29, 0.717) is 23.1 Å².